The first-order valence-electron chi connectivity index (χ1n) is 8.92. The van der Waals surface area contributed by atoms with Crippen LogP contribution in [0.3, 0.4) is 0 Å². The molecule has 29 heavy (non-hydrogen) atoms. The van der Waals surface area contributed by atoms with E-state index in [0.717, 1.165) is 0 Å². The number of benzene rings is 3. The van der Waals surface area contributed by atoms with Crippen molar-refractivity contribution in [3.05, 3.63) is 102 Å². The number of methoxy groups -OCH3 is 1. The summed E-state index contributed by atoms with van der Waals surface area (Å²) in [5.41, 5.74) is -4.23. The van der Waals surface area contributed by atoms with Crippen LogP contribution in [0.15, 0.2) is 95.9 Å². The van der Waals surface area contributed by atoms with Gasteiger partial charge in [-0.05, 0) is 41.5 Å². The molecule has 0 aliphatic carbocycles. The molecule has 4 nitrogen and oxygen atoms in total. The van der Waals surface area contributed by atoms with Crippen LogP contribution >= 0.6 is 0 Å². The molecular formula is C23H21FO4S. The Balaban J connectivity index is 2.09. The molecule has 0 saturated heterocycles. The van der Waals surface area contributed by atoms with Crippen LogP contribution in [0.1, 0.15) is 11.1 Å². The highest BCUT2D eigenvalue weighted by Gasteiger charge is 2.46. The smallest absolute Gasteiger partial charge is 0.241 e. The molecule has 3 aromatic rings. The molecule has 0 spiro atoms. The van der Waals surface area contributed by atoms with Crippen molar-refractivity contribution >= 4 is 15.9 Å². The normalized spacial score (nSPS) is 15.0. The molecule has 0 saturated carbocycles. The third kappa shape index (κ3) is 4.39. The lowest BCUT2D eigenvalue weighted by molar-refractivity contribution is 0.0399. The van der Waals surface area contributed by atoms with E-state index in [2.05, 4.69) is 0 Å². The van der Waals surface area contributed by atoms with Crippen molar-refractivity contribution in [2.75, 3.05) is 7.11 Å². The minimum atomic E-state index is -4.46. The Morgan fingerprint density at radius 1 is 0.931 bits per heavy atom. The summed E-state index contributed by atoms with van der Waals surface area (Å²) in [6.45, 7) is 0. The number of aliphatic hydroxyl groups is 1. The summed E-state index contributed by atoms with van der Waals surface area (Å²) >= 11 is 0. The van der Waals surface area contributed by atoms with E-state index in [1.807, 2.05) is 6.07 Å². The minimum Gasteiger partial charge on any atom is -0.497 e. The van der Waals surface area contributed by atoms with Crippen LogP contribution in [0.4, 0.5) is 4.39 Å². The molecule has 0 fully saturated rings. The lowest BCUT2D eigenvalue weighted by Gasteiger charge is -2.29. The summed E-state index contributed by atoms with van der Waals surface area (Å²) < 4.78 is 46.4. The summed E-state index contributed by atoms with van der Waals surface area (Å²) in [5.74, 6) is 0.504. The highest BCUT2D eigenvalue weighted by atomic mass is 32.2. The van der Waals surface area contributed by atoms with E-state index in [4.69, 9.17) is 4.74 Å². The average molecular weight is 412 g/mol. The van der Waals surface area contributed by atoms with Gasteiger partial charge >= 0.3 is 0 Å². The minimum absolute atomic E-state index is 0.0949. The van der Waals surface area contributed by atoms with Crippen molar-refractivity contribution in [2.24, 2.45) is 0 Å². The number of alkyl halides is 1. The first kappa shape index (κ1) is 20.8. The SMILES string of the molecule is COc1ccc(C(O)(/C=C/c2ccccc2)C(F)S(=O)(=O)c2ccccc2)cc1. The van der Waals surface area contributed by atoms with Gasteiger partial charge in [0, 0.05) is 0 Å². The Hall–Kier alpha value is -2.96. The molecule has 2 unspecified atom stereocenters. The average Bonchev–Trinajstić information content (AvgIpc) is 2.78. The highest BCUT2D eigenvalue weighted by molar-refractivity contribution is 7.92. The zero-order valence-corrected chi connectivity index (χ0v) is 16.6. The summed E-state index contributed by atoms with van der Waals surface area (Å²) in [4.78, 5) is -0.201. The van der Waals surface area contributed by atoms with Gasteiger partial charge in [-0.25, -0.2) is 12.8 Å². The Morgan fingerprint density at radius 3 is 2.03 bits per heavy atom. The van der Waals surface area contributed by atoms with Gasteiger partial charge in [0.15, 0.2) is 5.60 Å². The standard InChI is InChI=1S/C23H21FO4S/c1-28-20-14-12-19(13-15-20)23(25,17-16-18-8-4-2-5-9-18)22(24)29(26,27)21-10-6-3-7-11-21/h2-17,22,25H,1H3/b17-16+. The number of hydrogen-bond acceptors (Lipinski definition) is 4. The molecule has 0 heterocycles. The zero-order chi connectivity index (χ0) is 20.9. The quantitative estimate of drug-likeness (QED) is 0.626. The Bertz CT molecular complexity index is 1060. The molecule has 0 aliphatic rings. The summed E-state index contributed by atoms with van der Waals surface area (Å²) in [7, 11) is -2.98. The van der Waals surface area contributed by atoms with Crippen molar-refractivity contribution in [2.45, 2.75) is 16.0 Å². The number of sulfone groups is 1. The second kappa shape index (κ2) is 8.59. The first-order valence-corrected chi connectivity index (χ1v) is 10.5. The highest BCUT2D eigenvalue weighted by Crippen LogP contribution is 2.36. The van der Waals surface area contributed by atoms with E-state index in [9.17, 15) is 13.5 Å². The van der Waals surface area contributed by atoms with E-state index >= 15 is 4.39 Å². The van der Waals surface area contributed by atoms with Gasteiger partial charge in [-0.3, -0.25) is 0 Å². The molecule has 3 aromatic carbocycles. The van der Waals surface area contributed by atoms with E-state index in [1.165, 1.54) is 55.7 Å². The van der Waals surface area contributed by atoms with Gasteiger partial charge in [0.25, 0.3) is 0 Å². The summed E-state index contributed by atoms with van der Waals surface area (Å²) in [6, 6.07) is 22.2. The lowest BCUT2D eigenvalue weighted by Crippen LogP contribution is -2.40. The van der Waals surface area contributed by atoms with E-state index in [0.29, 0.717) is 11.3 Å². The molecular weight excluding hydrogens is 391 g/mol. The van der Waals surface area contributed by atoms with Crippen LogP contribution in [-0.4, -0.2) is 26.1 Å². The van der Waals surface area contributed by atoms with Gasteiger partial charge in [-0.2, -0.15) is 0 Å². The molecule has 0 radical (unpaired) electrons. The third-order valence-electron chi connectivity index (χ3n) is 4.57. The molecule has 6 heteroatoms. The second-order valence-corrected chi connectivity index (χ2v) is 8.45. The van der Waals surface area contributed by atoms with Gasteiger partial charge in [-0.15, -0.1) is 0 Å². The predicted octanol–water partition coefficient (Wildman–Crippen LogP) is 4.37. The number of halogens is 1. The summed E-state index contributed by atoms with van der Waals surface area (Å²) in [6.07, 6.45) is 2.67. The van der Waals surface area contributed by atoms with Gasteiger partial charge in [-0.1, -0.05) is 66.7 Å². The van der Waals surface area contributed by atoms with Crippen molar-refractivity contribution in [3.63, 3.8) is 0 Å². The second-order valence-electron chi connectivity index (χ2n) is 6.47. The van der Waals surface area contributed by atoms with Crippen LogP contribution in [0, 0.1) is 0 Å². The molecule has 0 bridgehead atoms. The fourth-order valence-corrected chi connectivity index (χ4v) is 4.38. The molecule has 0 aliphatic heterocycles. The van der Waals surface area contributed by atoms with Gasteiger partial charge in [0.1, 0.15) is 5.75 Å². The van der Waals surface area contributed by atoms with Gasteiger partial charge in [0.05, 0.1) is 12.0 Å². The van der Waals surface area contributed by atoms with Gasteiger partial charge in [0.2, 0.25) is 15.3 Å². The van der Waals surface area contributed by atoms with E-state index < -0.39 is 20.9 Å². The molecule has 3 rings (SSSR count). The molecule has 150 valence electrons. The largest absolute Gasteiger partial charge is 0.497 e. The van der Waals surface area contributed by atoms with Crippen molar-refractivity contribution in [1.82, 2.24) is 0 Å². The van der Waals surface area contributed by atoms with Crippen LogP contribution in [0.25, 0.3) is 6.08 Å². The molecule has 2 atom stereocenters. The van der Waals surface area contributed by atoms with Crippen molar-refractivity contribution < 1.29 is 22.7 Å². The molecule has 1 N–H and O–H groups in total. The van der Waals surface area contributed by atoms with Crippen LogP contribution in [-0.2, 0) is 15.4 Å². The lowest BCUT2D eigenvalue weighted by atomic mass is 9.93. The molecule has 0 aromatic heterocycles. The number of ether oxygens (including phenoxy) is 1. The van der Waals surface area contributed by atoms with Gasteiger partial charge < -0.3 is 9.84 Å². The monoisotopic (exact) mass is 412 g/mol. The Morgan fingerprint density at radius 2 is 1.48 bits per heavy atom. The zero-order valence-electron chi connectivity index (χ0n) is 15.8. The fraction of sp³-hybridized carbons (Fsp3) is 0.130. The first-order chi connectivity index (χ1) is 13.9. The third-order valence-corrected chi connectivity index (χ3v) is 6.41. The number of hydrogen-bond donors (Lipinski definition) is 1. The summed E-state index contributed by atoms with van der Waals surface area (Å²) in [5, 5.41) is 11.3. The fourth-order valence-electron chi connectivity index (χ4n) is 2.91. The Labute approximate surface area is 169 Å². The molecule has 0 amide bonds. The van der Waals surface area contributed by atoms with Crippen LogP contribution in [0.5, 0.6) is 5.75 Å². The van der Waals surface area contributed by atoms with Crippen molar-refractivity contribution in [3.8, 4) is 5.75 Å². The van der Waals surface area contributed by atoms with E-state index in [1.54, 1.807) is 42.5 Å². The number of rotatable bonds is 7. The van der Waals surface area contributed by atoms with Crippen LogP contribution < -0.4 is 4.74 Å². The maximum Gasteiger partial charge on any atom is 0.241 e. The maximum atomic E-state index is 15.6. The van der Waals surface area contributed by atoms with E-state index in [-0.39, 0.29) is 10.5 Å². The Kier molecular flexibility index (Phi) is 6.15. The maximum absolute atomic E-state index is 15.6. The van der Waals surface area contributed by atoms with Crippen molar-refractivity contribution in [1.29, 1.82) is 0 Å². The van der Waals surface area contributed by atoms with Crippen LogP contribution in [0.2, 0.25) is 0 Å². The predicted molar refractivity (Wildman–Crippen MR) is 111 cm³/mol. The topological polar surface area (TPSA) is 63.6 Å².